The highest BCUT2D eigenvalue weighted by molar-refractivity contribution is 7.13. The fraction of sp³-hybridized carbons (Fsp3) is 0.0909. The highest BCUT2D eigenvalue weighted by Gasteiger charge is 2.08. The third-order valence-corrected chi connectivity index (χ3v) is 2.94. The first-order chi connectivity index (χ1) is 7.85. The van der Waals surface area contributed by atoms with Gasteiger partial charge in [0.05, 0.1) is 18.0 Å². The summed E-state index contributed by atoms with van der Waals surface area (Å²) in [5, 5.41) is 11.4. The van der Waals surface area contributed by atoms with Gasteiger partial charge in [-0.15, -0.1) is 11.3 Å². The van der Waals surface area contributed by atoms with E-state index in [2.05, 4.69) is 9.98 Å². The molecule has 1 aromatic carbocycles. The smallest absolute Gasteiger partial charge is 0.240 e. The van der Waals surface area contributed by atoms with Gasteiger partial charge in [0.2, 0.25) is 6.08 Å². The third-order valence-electron chi connectivity index (χ3n) is 2.01. The summed E-state index contributed by atoms with van der Waals surface area (Å²) in [7, 11) is 0. The molecule has 0 aliphatic heterocycles. The quantitative estimate of drug-likeness (QED) is 0.652. The third kappa shape index (κ3) is 2.06. The lowest BCUT2D eigenvalue weighted by atomic mass is 10.2. The molecular weight excluding hydrogens is 224 g/mol. The fourth-order valence-electron chi connectivity index (χ4n) is 1.30. The average Bonchev–Trinajstić information content (AvgIpc) is 2.79. The highest BCUT2D eigenvalue weighted by Crippen LogP contribution is 2.31. The maximum atomic E-state index is 10.3. The molecule has 0 bridgehead atoms. The van der Waals surface area contributed by atoms with Gasteiger partial charge in [-0.2, -0.15) is 4.99 Å². The van der Waals surface area contributed by atoms with Gasteiger partial charge in [0.25, 0.3) is 0 Å². The second kappa shape index (κ2) is 4.81. The number of nitrogens with zero attached hydrogens (tertiary/aromatic N) is 2. The number of rotatable bonds is 3. The summed E-state index contributed by atoms with van der Waals surface area (Å²) in [5.41, 5.74) is 1.93. The Morgan fingerprint density at radius 2 is 2.25 bits per heavy atom. The molecular formula is C11H8N2O2S. The maximum Gasteiger partial charge on any atom is 0.240 e. The molecule has 0 fully saturated rings. The van der Waals surface area contributed by atoms with Gasteiger partial charge in [0, 0.05) is 10.9 Å². The molecule has 0 unspecified atom stereocenters. The molecule has 2 rings (SSSR count). The van der Waals surface area contributed by atoms with Crippen molar-refractivity contribution < 1.29 is 9.90 Å². The number of thiazole rings is 1. The molecule has 1 N–H and O–H groups in total. The monoisotopic (exact) mass is 232 g/mol. The van der Waals surface area contributed by atoms with E-state index in [4.69, 9.17) is 5.11 Å². The van der Waals surface area contributed by atoms with Crippen LogP contribution in [0.25, 0.3) is 10.6 Å². The van der Waals surface area contributed by atoms with E-state index in [-0.39, 0.29) is 6.61 Å². The lowest BCUT2D eigenvalue weighted by Crippen LogP contribution is -1.83. The van der Waals surface area contributed by atoms with Gasteiger partial charge in [-0.3, -0.25) is 0 Å². The SMILES string of the molecule is O=C=Nc1ccccc1-c1nc(CO)cs1. The molecule has 1 aromatic heterocycles. The number of para-hydroxylation sites is 1. The molecule has 0 saturated heterocycles. The van der Waals surface area contributed by atoms with Crippen molar-refractivity contribution in [1.29, 1.82) is 0 Å². The molecule has 0 atom stereocenters. The lowest BCUT2D eigenvalue weighted by Gasteiger charge is -1.99. The molecule has 0 aliphatic rings. The standard InChI is InChI=1S/C11H8N2O2S/c14-5-8-6-16-11(13-8)9-3-1-2-4-10(9)12-7-15/h1-4,6,14H,5H2. The van der Waals surface area contributed by atoms with E-state index in [0.29, 0.717) is 11.4 Å². The van der Waals surface area contributed by atoms with Gasteiger partial charge in [0.1, 0.15) is 5.01 Å². The Morgan fingerprint density at radius 3 is 2.94 bits per heavy atom. The minimum absolute atomic E-state index is 0.0877. The summed E-state index contributed by atoms with van der Waals surface area (Å²) in [5.74, 6) is 0. The van der Waals surface area contributed by atoms with E-state index in [9.17, 15) is 4.79 Å². The van der Waals surface area contributed by atoms with Crippen molar-refractivity contribution in [3.05, 3.63) is 35.3 Å². The van der Waals surface area contributed by atoms with E-state index < -0.39 is 0 Å². The Hall–Kier alpha value is -1.81. The van der Waals surface area contributed by atoms with Crippen LogP contribution in [0.3, 0.4) is 0 Å². The number of carbonyl (C=O) groups excluding carboxylic acids is 1. The van der Waals surface area contributed by atoms with E-state index >= 15 is 0 Å². The Balaban J connectivity index is 2.50. The zero-order chi connectivity index (χ0) is 11.4. The van der Waals surface area contributed by atoms with Gasteiger partial charge < -0.3 is 5.11 Å². The van der Waals surface area contributed by atoms with Crippen LogP contribution in [0.5, 0.6) is 0 Å². The van der Waals surface area contributed by atoms with Crippen molar-refractivity contribution in [2.75, 3.05) is 0 Å². The zero-order valence-corrected chi connectivity index (χ0v) is 9.07. The minimum atomic E-state index is -0.0877. The predicted molar refractivity (Wildman–Crippen MR) is 61.3 cm³/mol. The lowest BCUT2D eigenvalue weighted by molar-refractivity contribution is 0.278. The van der Waals surface area contributed by atoms with E-state index in [1.165, 1.54) is 17.4 Å². The molecule has 0 aliphatic carbocycles. The van der Waals surface area contributed by atoms with Crippen LogP contribution in [-0.2, 0) is 11.4 Å². The van der Waals surface area contributed by atoms with Crippen LogP contribution in [0, 0.1) is 0 Å². The number of aliphatic hydroxyl groups excluding tert-OH is 1. The Bertz CT molecular complexity index is 544. The van der Waals surface area contributed by atoms with Crippen LogP contribution >= 0.6 is 11.3 Å². The Kier molecular flexibility index (Phi) is 3.22. The van der Waals surface area contributed by atoms with Crippen molar-refractivity contribution in [2.45, 2.75) is 6.61 Å². The van der Waals surface area contributed by atoms with E-state index in [1.807, 2.05) is 12.1 Å². The normalized spacial score (nSPS) is 9.81. The van der Waals surface area contributed by atoms with Crippen LogP contribution in [0.15, 0.2) is 34.6 Å². The number of hydrogen-bond acceptors (Lipinski definition) is 5. The van der Waals surface area contributed by atoms with Crippen molar-refractivity contribution in [3.8, 4) is 10.6 Å². The predicted octanol–water partition coefficient (Wildman–Crippen LogP) is 2.27. The molecule has 16 heavy (non-hydrogen) atoms. The minimum Gasteiger partial charge on any atom is -0.390 e. The molecule has 5 heteroatoms. The number of benzene rings is 1. The maximum absolute atomic E-state index is 10.3. The molecule has 1 heterocycles. The number of hydrogen-bond donors (Lipinski definition) is 1. The number of aromatic nitrogens is 1. The van der Waals surface area contributed by atoms with Gasteiger partial charge in [-0.25, -0.2) is 9.78 Å². The molecule has 80 valence electrons. The first-order valence-electron chi connectivity index (χ1n) is 4.57. The average molecular weight is 232 g/mol. The van der Waals surface area contributed by atoms with Gasteiger partial charge >= 0.3 is 0 Å². The van der Waals surface area contributed by atoms with Crippen LogP contribution in [-0.4, -0.2) is 16.2 Å². The molecule has 0 saturated carbocycles. The van der Waals surface area contributed by atoms with Crippen molar-refractivity contribution in [1.82, 2.24) is 4.98 Å². The van der Waals surface area contributed by atoms with E-state index in [0.717, 1.165) is 10.6 Å². The highest BCUT2D eigenvalue weighted by atomic mass is 32.1. The first kappa shape index (κ1) is 10.7. The van der Waals surface area contributed by atoms with E-state index in [1.54, 1.807) is 17.5 Å². The summed E-state index contributed by atoms with van der Waals surface area (Å²) >= 11 is 1.41. The van der Waals surface area contributed by atoms with Crippen molar-refractivity contribution in [3.63, 3.8) is 0 Å². The fourth-order valence-corrected chi connectivity index (χ4v) is 2.15. The summed E-state index contributed by atoms with van der Waals surface area (Å²) in [4.78, 5) is 18.1. The van der Waals surface area contributed by atoms with Gasteiger partial charge in [-0.1, -0.05) is 12.1 Å². The second-order valence-electron chi connectivity index (χ2n) is 3.02. The number of aliphatic hydroxyl groups is 1. The topological polar surface area (TPSA) is 62.5 Å². The number of isocyanates is 1. The Morgan fingerprint density at radius 1 is 1.44 bits per heavy atom. The molecule has 0 spiro atoms. The molecule has 4 nitrogen and oxygen atoms in total. The van der Waals surface area contributed by atoms with Crippen LogP contribution in [0.4, 0.5) is 5.69 Å². The summed E-state index contributed by atoms with van der Waals surface area (Å²) in [6, 6.07) is 7.19. The van der Waals surface area contributed by atoms with Crippen molar-refractivity contribution >= 4 is 23.1 Å². The summed E-state index contributed by atoms with van der Waals surface area (Å²) < 4.78 is 0. The van der Waals surface area contributed by atoms with Crippen molar-refractivity contribution in [2.24, 2.45) is 4.99 Å². The Labute approximate surface area is 95.9 Å². The zero-order valence-electron chi connectivity index (χ0n) is 8.25. The van der Waals surface area contributed by atoms with Crippen LogP contribution < -0.4 is 0 Å². The molecule has 0 radical (unpaired) electrons. The number of aliphatic imine (C=N–C) groups is 1. The van der Waals surface area contributed by atoms with Gasteiger partial charge in [-0.05, 0) is 12.1 Å². The molecule has 0 amide bonds. The van der Waals surface area contributed by atoms with Gasteiger partial charge in [0.15, 0.2) is 0 Å². The summed E-state index contributed by atoms with van der Waals surface area (Å²) in [6.07, 6.45) is 1.52. The first-order valence-corrected chi connectivity index (χ1v) is 5.45. The van der Waals surface area contributed by atoms with Crippen LogP contribution in [0.2, 0.25) is 0 Å². The molecule has 2 aromatic rings. The largest absolute Gasteiger partial charge is 0.390 e. The summed E-state index contributed by atoms with van der Waals surface area (Å²) in [6.45, 7) is -0.0877. The van der Waals surface area contributed by atoms with Crippen LogP contribution in [0.1, 0.15) is 5.69 Å². The second-order valence-corrected chi connectivity index (χ2v) is 3.88.